The van der Waals surface area contributed by atoms with Crippen LogP contribution in [0.2, 0.25) is 0 Å². The first-order valence-electron chi connectivity index (χ1n) is 6.31. The van der Waals surface area contributed by atoms with Gasteiger partial charge in [-0.25, -0.2) is 4.79 Å². The van der Waals surface area contributed by atoms with Crippen molar-refractivity contribution >= 4 is 17.9 Å². The van der Waals surface area contributed by atoms with Crippen LogP contribution in [0.15, 0.2) is 0 Å². The lowest BCUT2D eigenvalue weighted by Crippen LogP contribution is -2.62. The molecule has 1 saturated heterocycles. The summed E-state index contributed by atoms with van der Waals surface area (Å²) in [6, 6.07) is -2.37. The number of nitrogens with zero attached hydrogens (tertiary/aromatic N) is 1. The summed E-state index contributed by atoms with van der Waals surface area (Å²) >= 11 is 0. The molecule has 1 unspecified atom stereocenters. The Morgan fingerprint density at radius 1 is 1.43 bits per heavy atom. The third kappa shape index (κ3) is 3.03. The summed E-state index contributed by atoms with van der Waals surface area (Å²) in [5, 5.41) is 13.0. The van der Waals surface area contributed by atoms with E-state index in [4.69, 9.17) is 5.11 Å². The molecule has 1 heterocycles. The molecule has 0 aromatic carbocycles. The highest BCUT2D eigenvalue weighted by molar-refractivity contribution is 5.91. The van der Waals surface area contributed by atoms with Crippen molar-refractivity contribution < 1.29 is 32.7 Å². The number of nitrogens with one attached hydrogen (secondary N) is 2. The van der Waals surface area contributed by atoms with Gasteiger partial charge < -0.3 is 20.6 Å². The number of urea groups is 1. The lowest BCUT2D eigenvalue weighted by Gasteiger charge is -2.35. The smallest absolute Gasteiger partial charge is 0.411 e. The summed E-state index contributed by atoms with van der Waals surface area (Å²) < 4.78 is 38.4. The molecule has 118 valence electrons. The van der Waals surface area contributed by atoms with E-state index in [9.17, 15) is 27.6 Å². The summed E-state index contributed by atoms with van der Waals surface area (Å²) in [5.74, 6) is -2.00. The van der Waals surface area contributed by atoms with Gasteiger partial charge in [0, 0.05) is 13.1 Å². The normalized spacial score (nSPS) is 24.2. The van der Waals surface area contributed by atoms with Crippen LogP contribution in [0.5, 0.6) is 0 Å². The quantitative estimate of drug-likeness (QED) is 0.687. The van der Waals surface area contributed by atoms with Crippen molar-refractivity contribution in [2.75, 3.05) is 13.1 Å². The molecule has 0 radical (unpaired) electrons. The van der Waals surface area contributed by atoms with Crippen molar-refractivity contribution in [1.29, 1.82) is 0 Å². The van der Waals surface area contributed by atoms with Gasteiger partial charge in [0.15, 0.2) is 0 Å². The van der Waals surface area contributed by atoms with E-state index in [-0.39, 0.29) is 25.9 Å². The Morgan fingerprint density at radius 2 is 2.05 bits per heavy atom. The van der Waals surface area contributed by atoms with Crippen LogP contribution in [0.25, 0.3) is 0 Å². The van der Waals surface area contributed by atoms with Gasteiger partial charge in [0.05, 0.1) is 6.42 Å². The van der Waals surface area contributed by atoms with E-state index in [1.807, 2.05) is 5.32 Å². The fraction of sp³-hybridized carbons (Fsp3) is 0.727. The van der Waals surface area contributed by atoms with E-state index >= 15 is 0 Å². The number of hydrogen-bond acceptors (Lipinski definition) is 3. The SMILES string of the molecule is O=C(O)CC1C(=O)NCCN1C(=O)NC1(C(F)(F)F)CC1. The number of rotatable bonds is 3. The highest BCUT2D eigenvalue weighted by Gasteiger charge is 2.64. The first-order chi connectivity index (χ1) is 9.66. The first kappa shape index (κ1) is 15.4. The number of hydrogen-bond donors (Lipinski definition) is 3. The molecule has 1 aliphatic carbocycles. The number of carboxylic acids is 1. The Kier molecular flexibility index (Phi) is 3.72. The van der Waals surface area contributed by atoms with E-state index in [2.05, 4.69) is 5.32 Å². The molecule has 1 aliphatic heterocycles. The van der Waals surface area contributed by atoms with Crippen molar-refractivity contribution in [1.82, 2.24) is 15.5 Å². The molecular formula is C11H14F3N3O4. The van der Waals surface area contributed by atoms with E-state index in [0.29, 0.717) is 0 Å². The zero-order chi connectivity index (χ0) is 15.8. The van der Waals surface area contributed by atoms with Crippen LogP contribution >= 0.6 is 0 Å². The average Bonchev–Trinajstić information content (AvgIpc) is 3.11. The molecule has 3 amide bonds. The van der Waals surface area contributed by atoms with Crippen LogP contribution < -0.4 is 10.6 Å². The van der Waals surface area contributed by atoms with Crippen LogP contribution in [0.3, 0.4) is 0 Å². The predicted octanol–water partition coefficient (Wildman–Crippen LogP) is 0.0660. The third-order valence-electron chi connectivity index (χ3n) is 3.60. The number of carbonyl (C=O) groups excluding carboxylic acids is 2. The monoisotopic (exact) mass is 309 g/mol. The van der Waals surface area contributed by atoms with Crippen molar-refractivity contribution in [3.63, 3.8) is 0 Å². The minimum atomic E-state index is -4.57. The van der Waals surface area contributed by atoms with Crippen LogP contribution in [-0.2, 0) is 9.59 Å². The highest BCUT2D eigenvalue weighted by atomic mass is 19.4. The molecule has 21 heavy (non-hydrogen) atoms. The second-order valence-corrected chi connectivity index (χ2v) is 5.11. The van der Waals surface area contributed by atoms with Gasteiger partial charge in [-0.2, -0.15) is 13.2 Å². The molecule has 0 spiro atoms. The zero-order valence-electron chi connectivity index (χ0n) is 10.9. The fourth-order valence-corrected chi connectivity index (χ4v) is 2.21. The maximum absolute atomic E-state index is 12.8. The largest absolute Gasteiger partial charge is 0.481 e. The van der Waals surface area contributed by atoms with Gasteiger partial charge in [0.2, 0.25) is 5.91 Å². The molecule has 1 saturated carbocycles. The van der Waals surface area contributed by atoms with Gasteiger partial charge in [0.1, 0.15) is 11.6 Å². The van der Waals surface area contributed by atoms with Crippen molar-refractivity contribution in [3.05, 3.63) is 0 Å². The summed E-state index contributed by atoms with van der Waals surface area (Å²) in [5.41, 5.74) is -2.24. The molecule has 2 rings (SSSR count). The molecule has 0 bridgehead atoms. The second-order valence-electron chi connectivity index (χ2n) is 5.11. The van der Waals surface area contributed by atoms with Gasteiger partial charge in [0.25, 0.3) is 0 Å². The number of aliphatic carboxylic acids is 1. The Balaban J connectivity index is 2.09. The summed E-state index contributed by atoms with van der Waals surface area (Å²) in [6.07, 6.45) is -5.65. The zero-order valence-corrected chi connectivity index (χ0v) is 10.9. The maximum atomic E-state index is 12.8. The first-order valence-corrected chi connectivity index (χ1v) is 6.31. The molecule has 1 atom stereocenters. The summed E-state index contributed by atoms with van der Waals surface area (Å²) in [7, 11) is 0. The van der Waals surface area contributed by atoms with Gasteiger partial charge in [-0.1, -0.05) is 0 Å². The molecular weight excluding hydrogens is 295 g/mol. The fourth-order valence-electron chi connectivity index (χ4n) is 2.21. The Morgan fingerprint density at radius 3 is 2.52 bits per heavy atom. The van der Waals surface area contributed by atoms with Crippen LogP contribution in [0, 0.1) is 0 Å². The summed E-state index contributed by atoms with van der Waals surface area (Å²) in [6.45, 7) is 0.0326. The van der Waals surface area contributed by atoms with E-state index < -0.39 is 42.1 Å². The van der Waals surface area contributed by atoms with Crippen molar-refractivity contribution in [3.8, 4) is 0 Å². The van der Waals surface area contributed by atoms with Gasteiger partial charge in [-0.15, -0.1) is 0 Å². The van der Waals surface area contributed by atoms with E-state index in [0.717, 1.165) is 4.90 Å². The van der Waals surface area contributed by atoms with Crippen LogP contribution in [0.1, 0.15) is 19.3 Å². The molecule has 0 aromatic rings. The number of piperazine rings is 1. The lowest BCUT2D eigenvalue weighted by molar-refractivity contribution is -0.163. The molecule has 2 aliphatic rings. The third-order valence-corrected chi connectivity index (χ3v) is 3.60. The molecule has 0 aromatic heterocycles. The van der Waals surface area contributed by atoms with Crippen LogP contribution in [0.4, 0.5) is 18.0 Å². The molecule has 10 heteroatoms. The van der Waals surface area contributed by atoms with E-state index in [1.54, 1.807) is 0 Å². The number of carbonyl (C=O) groups is 3. The van der Waals surface area contributed by atoms with Gasteiger partial charge in [-0.05, 0) is 12.8 Å². The molecule has 3 N–H and O–H groups in total. The van der Waals surface area contributed by atoms with Gasteiger partial charge >= 0.3 is 18.2 Å². The maximum Gasteiger partial charge on any atom is 0.411 e. The number of carboxylic acid groups (broad SMARTS) is 1. The minimum Gasteiger partial charge on any atom is -0.481 e. The topological polar surface area (TPSA) is 98.7 Å². The molecule has 7 nitrogen and oxygen atoms in total. The molecule has 2 fully saturated rings. The minimum absolute atomic E-state index is 0.0382. The Bertz CT molecular complexity index is 476. The van der Waals surface area contributed by atoms with Crippen molar-refractivity contribution in [2.45, 2.75) is 37.0 Å². The number of alkyl halides is 3. The second kappa shape index (κ2) is 5.08. The Labute approximate surface area is 117 Å². The number of amides is 3. The standard InChI is InChI=1S/C11H14F3N3O4/c12-11(13,14)10(1-2-10)16-9(21)17-4-3-15-8(20)6(17)5-7(18)19/h6H,1-5H2,(H,15,20)(H,16,21)(H,18,19). The van der Waals surface area contributed by atoms with Crippen molar-refractivity contribution in [2.24, 2.45) is 0 Å². The highest BCUT2D eigenvalue weighted by Crippen LogP contribution is 2.49. The summed E-state index contributed by atoms with van der Waals surface area (Å²) in [4.78, 5) is 35.1. The number of halogens is 3. The lowest BCUT2D eigenvalue weighted by atomic mass is 10.1. The average molecular weight is 309 g/mol. The predicted molar refractivity (Wildman–Crippen MR) is 62.3 cm³/mol. The van der Waals surface area contributed by atoms with E-state index in [1.165, 1.54) is 0 Å². The Hall–Kier alpha value is -2.00. The van der Waals surface area contributed by atoms with Gasteiger partial charge in [-0.3, -0.25) is 9.59 Å². The van der Waals surface area contributed by atoms with Crippen LogP contribution in [-0.4, -0.2) is 58.8 Å².